The Morgan fingerprint density at radius 3 is 2.19 bits per heavy atom. The lowest BCUT2D eigenvalue weighted by molar-refractivity contribution is -0.142. The smallest absolute Gasteiger partial charge is 0.331 e. The third-order valence-corrected chi connectivity index (χ3v) is 4.48. The molecule has 0 heterocycles. The largest absolute Gasteiger partial charge is 0.493 e. The second kappa shape index (κ2) is 10.2. The molecule has 0 aliphatic rings. The van der Waals surface area contributed by atoms with Crippen molar-refractivity contribution in [3.8, 4) is 17.2 Å². The van der Waals surface area contributed by atoms with Crippen LogP contribution in [0.25, 0.3) is 16.8 Å². The molecule has 7 heteroatoms. The van der Waals surface area contributed by atoms with Gasteiger partial charge in [-0.3, -0.25) is 4.79 Å². The Bertz CT molecular complexity index is 1100. The van der Waals surface area contributed by atoms with Gasteiger partial charge in [0.2, 0.25) is 5.75 Å². The number of rotatable bonds is 8. The number of carbonyl (C=O) groups is 2. The summed E-state index contributed by atoms with van der Waals surface area (Å²) in [5.74, 6) is 0.302. The van der Waals surface area contributed by atoms with E-state index in [4.69, 9.17) is 18.9 Å². The van der Waals surface area contributed by atoms with E-state index in [9.17, 15) is 9.59 Å². The molecule has 0 aliphatic heterocycles. The van der Waals surface area contributed by atoms with E-state index in [0.717, 1.165) is 10.8 Å². The van der Waals surface area contributed by atoms with Gasteiger partial charge in [0, 0.05) is 11.8 Å². The number of nitrogens with one attached hydrogen (secondary N) is 1. The maximum Gasteiger partial charge on any atom is 0.331 e. The van der Waals surface area contributed by atoms with E-state index in [2.05, 4.69) is 5.32 Å². The van der Waals surface area contributed by atoms with Gasteiger partial charge in [-0.1, -0.05) is 30.3 Å². The standard InChI is InChI=1S/C24H23NO6/c1-28-20-12-16(13-21(29-2)24(20)30-3)8-11-23(27)31-15-22(26)25-19-10-9-17-6-4-5-7-18(17)14-19/h4-14H,15H2,1-3H3,(H,25,26). The molecule has 0 atom stereocenters. The van der Waals surface area contributed by atoms with Crippen molar-refractivity contribution < 1.29 is 28.5 Å². The molecule has 0 bridgehead atoms. The zero-order valence-corrected chi connectivity index (χ0v) is 17.5. The van der Waals surface area contributed by atoms with Crippen molar-refractivity contribution in [2.45, 2.75) is 0 Å². The molecule has 0 fully saturated rings. The van der Waals surface area contributed by atoms with Gasteiger partial charge in [-0.2, -0.15) is 0 Å². The Hall–Kier alpha value is -4.00. The summed E-state index contributed by atoms with van der Waals surface area (Å²) < 4.78 is 20.8. The first kappa shape index (κ1) is 21.7. The molecule has 0 aromatic heterocycles. The van der Waals surface area contributed by atoms with Crippen molar-refractivity contribution in [2.75, 3.05) is 33.3 Å². The van der Waals surface area contributed by atoms with E-state index < -0.39 is 18.5 Å². The molecule has 1 amide bonds. The topological polar surface area (TPSA) is 83.1 Å². The van der Waals surface area contributed by atoms with E-state index >= 15 is 0 Å². The molecule has 31 heavy (non-hydrogen) atoms. The molecule has 0 saturated carbocycles. The van der Waals surface area contributed by atoms with Gasteiger partial charge in [0.15, 0.2) is 18.1 Å². The number of fused-ring (bicyclic) bond motifs is 1. The predicted octanol–water partition coefficient (Wildman–Crippen LogP) is 4.06. The van der Waals surface area contributed by atoms with Gasteiger partial charge in [-0.05, 0) is 46.7 Å². The molecule has 0 unspecified atom stereocenters. The highest BCUT2D eigenvalue weighted by molar-refractivity contribution is 5.96. The summed E-state index contributed by atoms with van der Waals surface area (Å²) in [6.45, 7) is -0.398. The number of anilines is 1. The lowest BCUT2D eigenvalue weighted by Crippen LogP contribution is -2.20. The van der Waals surface area contributed by atoms with Crippen molar-refractivity contribution >= 4 is 34.4 Å². The van der Waals surface area contributed by atoms with Crippen LogP contribution < -0.4 is 19.5 Å². The van der Waals surface area contributed by atoms with E-state index in [1.54, 1.807) is 18.2 Å². The Labute approximate surface area is 180 Å². The first-order valence-corrected chi connectivity index (χ1v) is 9.47. The van der Waals surface area contributed by atoms with Gasteiger partial charge >= 0.3 is 5.97 Å². The molecular formula is C24H23NO6. The van der Waals surface area contributed by atoms with Crippen LogP contribution in [0.2, 0.25) is 0 Å². The Morgan fingerprint density at radius 2 is 1.55 bits per heavy atom. The van der Waals surface area contributed by atoms with Crippen LogP contribution in [-0.2, 0) is 14.3 Å². The Kier molecular flexibility index (Phi) is 7.11. The number of carbonyl (C=O) groups excluding carboxylic acids is 2. The highest BCUT2D eigenvalue weighted by Gasteiger charge is 2.12. The molecule has 3 rings (SSSR count). The zero-order valence-electron chi connectivity index (χ0n) is 17.5. The fourth-order valence-electron chi connectivity index (χ4n) is 3.01. The number of hydrogen-bond donors (Lipinski definition) is 1. The van der Waals surface area contributed by atoms with Crippen LogP contribution in [-0.4, -0.2) is 39.8 Å². The predicted molar refractivity (Wildman–Crippen MR) is 119 cm³/mol. The van der Waals surface area contributed by atoms with Crippen LogP contribution in [0.1, 0.15) is 5.56 Å². The van der Waals surface area contributed by atoms with Crippen LogP contribution in [0.15, 0.2) is 60.7 Å². The van der Waals surface area contributed by atoms with Gasteiger partial charge in [-0.15, -0.1) is 0 Å². The summed E-state index contributed by atoms with van der Waals surface area (Å²) >= 11 is 0. The number of methoxy groups -OCH3 is 3. The summed E-state index contributed by atoms with van der Waals surface area (Å²) in [5, 5.41) is 4.80. The monoisotopic (exact) mass is 421 g/mol. The maximum absolute atomic E-state index is 12.1. The second-order valence-corrected chi connectivity index (χ2v) is 6.51. The van der Waals surface area contributed by atoms with Crippen LogP contribution in [0.5, 0.6) is 17.2 Å². The Morgan fingerprint density at radius 1 is 0.871 bits per heavy atom. The number of ether oxygens (including phenoxy) is 4. The lowest BCUT2D eigenvalue weighted by Gasteiger charge is -2.12. The highest BCUT2D eigenvalue weighted by atomic mass is 16.5. The van der Waals surface area contributed by atoms with Crippen LogP contribution >= 0.6 is 0 Å². The van der Waals surface area contributed by atoms with E-state index in [1.807, 2.05) is 36.4 Å². The van der Waals surface area contributed by atoms with Crippen molar-refractivity contribution in [1.82, 2.24) is 0 Å². The van der Waals surface area contributed by atoms with Crippen molar-refractivity contribution in [3.63, 3.8) is 0 Å². The molecule has 7 nitrogen and oxygen atoms in total. The van der Waals surface area contributed by atoms with Crippen LogP contribution in [0.3, 0.4) is 0 Å². The van der Waals surface area contributed by atoms with Crippen LogP contribution in [0.4, 0.5) is 5.69 Å². The fraction of sp³-hybridized carbons (Fsp3) is 0.167. The van der Waals surface area contributed by atoms with Crippen molar-refractivity contribution in [3.05, 3.63) is 66.2 Å². The quantitative estimate of drug-likeness (QED) is 0.436. The molecular weight excluding hydrogens is 398 g/mol. The van der Waals surface area contributed by atoms with E-state index in [-0.39, 0.29) is 0 Å². The maximum atomic E-state index is 12.1. The first-order chi connectivity index (χ1) is 15.0. The fourth-order valence-corrected chi connectivity index (χ4v) is 3.01. The average molecular weight is 421 g/mol. The minimum atomic E-state index is -0.651. The molecule has 0 radical (unpaired) electrons. The summed E-state index contributed by atoms with van der Waals surface area (Å²) in [6.07, 6.45) is 2.76. The number of benzene rings is 3. The zero-order chi connectivity index (χ0) is 22.2. The van der Waals surface area contributed by atoms with E-state index in [0.29, 0.717) is 28.5 Å². The summed E-state index contributed by atoms with van der Waals surface area (Å²) in [6, 6.07) is 16.8. The molecule has 0 aliphatic carbocycles. The SMILES string of the molecule is COc1cc(C=CC(=O)OCC(=O)Nc2ccc3ccccc3c2)cc(OC)c1OC. The second-order valence-electron chi connectivity index (χ2n) is 6.51. The van der Waals surface area contributed by atoms with Gasteiger partial charge in [0.25, 0.3) is 5.91 Å². The Balaban J connectivity index is 1.57. The molecule has 3 aromatic carbocycles. The molecule has 3 aromatic rings. The minimum Gasteiger partial charge on any atom is -0.493 e. The normalized spacial score (nSPS) is 10.7. The molecule has 0 spiro atoms. The van der Waals surface area contributed by atoms with Gasteiger partial charge < -0.3 is 24.3 Å². The third-order valence-electron chi connectivity index (χ3n) is 4.48. The first-order valence-electron chi connectivity index (χ1n) is 9.47. The number of amides is 1. The highest BCUT2D eigenvalue weighted by Crippen LogP contribution is 2.38. The lowest BCUT2D eigenvalue weighted by atomic mass is 10.1. The number of hydrogen-bond acceptors (Lipinski definition) is 6. The third kappa shape index (κ3) is 5.54. The number of esters is 1. The van der Waals surface area contributed by atoms with Gasteiger partial charge in [0.05, 0.1) is 21.3 Å². The summed E-state index contributed by atoms with van der Waals surface area (Å²) in [4.78, 5) is 24.1. The molecule has 0 saturated heterocycles. The average Bonchev–Trinajstić information content (AvgIpc) is 2.80. The van der Waals surface area contributed by atoms with Gasteiger partial charge in [0.1, 0.15) is 0 Å². The van der Waals surface area contributed by atoms with Crippen molar-refractivity contribution in [1.29, 1.82) is 0 Å². The minimum absolute atomic E-state index is 0.398. The summed E-state index contributed by atoms with van der Waals surface area (Å²) in [7, 11) is 4.52. The van der Waals surface area contributed by atoms with Crippen molar-refractivity contribution in [2.24, 2.45) is 0 Å². The molecule has 1 N–H and O–H groups in total. The molecule has 160 valence electrons. The van der Waals surface area contributed by atoms with Gasteiger partial charge in [-0.25, -0.2) is 4.79 Å². The van der Waals surface area contributed by atoms with E-state index in [1.165, 1.54) is 33.5 Å². The van der Waals surface area contributed by atoms with Crippen LogP contribution in [0, 0.1) is 0 Å². The summed E-state index contributed by atoms with van der Waals surface area (Å²) in [5.41, 5.74) is 1.28.